The highest BCUT2D eigenvalue weighted by atomic mass is 16.5. The van der Waals surface area contributed by atoms with Crippen LogP contribution in [0.1, 0.15) is 11.1 Å². The van der Waals surface area contributed by atoms with E-state index in [2.05, 4.69) is 11.9 Å². The van der Waals surface area contributed by atoms with Crippen LogP contribution in [-0.2, 0) is 11.3 Å². The third kappa shape index (κ3) is 2.85. The number of nitrogens with one attached hydrogen (secondary N) is 1. The van der Waals surface area contributed by atoms with Crippen LogP contribution in [0.25, 0.3) is 0 Å². The molecule has 82 valence electrons. The Morgan fingerprint density at radius 3 is 3.00 bits per heavy atom. The molecule has 1 rings (SSSR count). The van der Waals surface area contributed by atoms with Crippen molar-refractivity contribution in [1.82, 2.24) is 5.32 Å². The normalized spacial score (nSPS) is 9.00. The minimum atomic E-state index is -0.244. The van der Waals surface area contributed by atoms with Crippen molar-refractivity contribution >= 4 is 5.91 Å². The molecule has 0 aliphatic heterocycles. The number of amides is 1. The molecule has 0 fully saturated rings. The first-order valence-corrected chi connectivity index (χ1v) is 4.68. The minimum Gasteiger partial charge on any atom is -0.496 e. The van der Waals surface area contributed by atoms with Crippen molar-refractivity contribution in [2.75, 3.05) is 7.11 Å². The van der Waals surface area contributed by atoms with Crippen LogP contribution in [0.2, 0.25) is 0 Å². The van der Waals surface area contributed by atoms with Crippen LogP contribution in [0.15, 0.2) is 30.9 Å². The Labute approximate surface area is 94.1 Å². The topological polar surface area (TPSA) is 62.1 Å². The fourth-order valence-corrected chi connectivity index (χ4v) is 1.21. The second-order valence-corrected chi connectivity index (χ2v) is 3.06. The molecule has 0 heterocycles. The van der Waals surface area contributed by atoms with Gasteiger partial charge in [-0.25, -0.2) is 0 Å². The predicted octanol–water partition coefficient (Wildman–Crippen LogP) is 1.37. The number of benzene rings is 1. The van der Waals surface area contributed by atoms with Crippen molar-refractivity contribution in [1.29, 1.82) is 5.26 Å². The van der Waals surface area contributed by atoms with Crippen molar-refractivity contribution in [2.24, 2.45) is 0 Å². The van der Waals surface area contributed by atoms with Gasteiger partial charge in [0.15, 0.2) is 0 Å². The molecule has 1 amide bonds. The molecule has 1 N–H and O–H groups in total. The Hall–Kier alpha value is -2.28. The molecule has 4 nitrogen and oxygen atoms in total. The fraction of sp³-hybridized carbons (Fsp3) is 0.167. The molecule has 0 aromatic heterocycles. The van der Waals surface area contributed by atoms with Crippen molar-refractivity contribution in [3.05, 3.63) is 42.0 Å². The molecule has 0 aliphatic carbocycles. The van der Waals surface area contributed by atoms with Gasteiger partial charge < -0.3 is 10.1 Å². The number of carbonyl (C=O) groups excluding carboxylic acids is 1. The lowest BCUT2D eigenvalue weighted by molar-refractivity contribution is -0.116. The summed E-state index contributed by atoms with van der Waals surface area (Å²) in [6.07, 6.45) is 1.20. The molecule has 1 aromatic carbocycles. The summed E-state index contributed by atoms with van der Waals surface area (Å²) in [4.78, 5) is 11.0. The quantitative estimate of drug-likeness (QED) is 0.773. The fourth-order valence-electron chi connectivity index (χ4n) is 1.21. The molecule has 0 atom stereocenters. The number of rotatable bonds is 4. The van der Waals surface area contributed by atoms with Crippen LogP contribution in [0, 0.1) is 11.3 Å². The van der Waals surface area contributed by atoms with E-state index in [1.165, 1.54) is 13.2 Å². The number of nitrogens with zero attached hydrogens (tertiary/aromatic N) is 1. The van der Waals surface area contributed by atoms with Gasteiger partial charge in [0.05, 0.1) is 18.7 Å². The van der Waals surface area contributed by atoms with Gasteiger partial charge >= 0.3 is 0 Å². The molecule has 0 saturated heterocycles. The maximum absolute atomic E-state index is 11.0. The van der Waals surface area contributed by atoms with Crippen molar-refractivity contribution in [2.45, 2.75) is 6.54 Å². The SMILES string of the molecule is C=CC(=O)NCc1ccc(C#N)cc1OC. The Morgan fingerprint density at radius 2 is 2.44 bits per heavy atom. The minimum absolute atomic E-state index is 0.244. The monoisotopic (exact) mass is 216 g/mol. The van der Waals surface area contributed by atoms with E-state index < -0.39 is 0 Å². The van der Waals surface area contributed by atoms with E-state index in [0.717, 1.165) is 5.56 Å². The summed E-state index contributed by atoms with van der Waals surface area (Å²) in [6, 6.07) is 7.08. The zero-order chi connectivity index (χ0) is 12.0. The number of methoxy groups -OCH3 is 1. The van der Waals surface area contributed by atoms with E-state index >= 15 is 0 Å². The number of nitriles is 1. The van der Waals surface area contributed by atoms with Gasteiger partial charge in [0.1, 0.15) is 5.75 Å². The van der Waals surface area contributed by atoms with Crippen LogP contribution < -0.4 is 10.1 Å². The van der Waals surface area contributed by atoms with E-state index in [1.807, 2.05) is 6.07 Å². The lowest BCUT2D eigenvalue weighted by Crippen LogP contribution is -2.20. The molecule has 0 radical (unpaired) electrons. The van der Waals surface area contributed by atoms with Gasteiger partial charge in [0.2, 0.25) is 5.91 Å². The van der Waals surface area contributed by atoms with E-state index in [1.54, 1.807) is 18.2 Å². The van der Waals surface area contributed by atoms with Crippen molar-refractivity contribution < 1.29 is 9.53 Å². The summed E-state index contributed by atoms with van der Waals surface area (Å²) in [7, 11) is 1.52. The van der Waals surface area contributed by atoms with Crippen LogP contribution in [0.4, 0.5) is 0 Å². The van der Waals surface area contributed by atoms with Crippen molar-refractivity contribution in [3.8, 4) is 11.8 Å². The maximum atomic E-state index is 11.0. The van der Waals surface area contributed by atoms with E-state index in [9.17, 15) is 4.79 Å². The van der Waals surface area contributed by atoms with Crippen LogP contribution in [0.3, 0.4) is 0 Å². The highest BCUT2D eigenvalue weighted by Crippen LogP contribution is 2.19. The zero-order valence-electron chi connectivity index (χ0n) is 8.99. The summed E-state index contributed by atoms with van der Waals surface area (Å²) in [5.41, 5.74) is 1.34. The highest BCUT2D eigenvalue weighted by molar-refractivity contribution is 5.86. The largest absolute Gasteiger partial charge is 0.496 e. The smallest absolute Gasteiger partial charge is 0.243 e. The first kappa shape index (κ1) is 11.8. The van der Waals surface area contributed by atoms with E-state index in [-0.39, 0.29) is 5.91 Å². The molecule has 0 unspecified atom stereocenters. The van der Waals surface area contributed by atoms with Gasteiger partial charge in [-0.3, -0.25) is 4.79 Å². The average molecular weight is 216 g/mol. The third-order valence-electron chi connectivity index (χ3n) is 2.05. The number of ether oxygens (including phenoxy) is 1. The number of hydrogen-bond acceptors (Lipinski definition) is 3. The third-order valence-corrected chi connectivity index (χ3v) is 2.05. The summed E-state index contributed by atoms with van der Waals surface area (Å²) in [5, 5.41) is 11.4. The summed E-state index contributed by atoms with van der Waals surface area (Å²) >= 11 is 0. The second kappa shape index (κ2) is 5.56. The molecular weight excluding hydrogens is 204 g/mol. The zero-order valence-corrected chi connectivity index (χ0v) is 8.99. The lowest BCUT2D eigenvalue weighted by Gasteiger charge is -2.08. The Bertz CT molecular complexity index is 447. The first-order valence-electron chi connectivity index (χ1n) is 4.68. The first-order chi connectivity index (χ1) is 7.71. The van der Waals surface area contributed by atoms with Crippen LogP contribution in [0.5, 0.6) is 5.75 Å². The standard InChI is InChI=1S/C12H12N2O2/c1-3-12(15)14-8-10-5-4-9(7-13)6-11(10)16-2/h3-6H,1,8H2,2H3,(H,14,15). The molecule has 0 spiro atoms. The molecular formula is C12H12N2O2. The Morgan fingerprint density at radius 1 is 1.69 bits per heavy atom. The van der Waals surface area contributed by atoms with Gasteiger partial charge in [-0.05, 0) is 18.2 Å². The highest BCUT2D eigenvalue weighted by Gasteiger charge is 2.05. The Balaban J connectivity index is 2.84. The molecule has 1 aromatic rings. The average Bonchev–Trinajstić information content (AvgIpc) is 2.35. The molecule has 4 heteroatoms. The van der Waals surface area contributed by atoms with Crippen LogP contribution >= 0.6 is 0 Å². The second-order valence-electron chi connectivity index (χ2n) is 3.06. The van der Waals surface area contributed by atoms with Gasteiger partial charge in [0, 0.05) is 12.1 Å². The maximum Gasteiger partial charge on any atom is 0.243 e. The Kier molecular flexibility index (Phi) is 4.10. The van der Waals surface area contributed by atoms with Gasteiger partial charge in [-0.2, -0.15) is 5.26 Å². The predicted molar refractivity (Wildman–Crippen MR) is 59.8 cm³/mol. The van der Waals surface area contributed by atoms with E-state index in [4.69, 9.17) is 10.00 Å². The molecule has 0 bridgehead atoms. The van der Waals surface area contributed by atoms with Crippen molar-refractivity contribution in [3.63, 3.8) is 0 Å². The number of hydrogen-bond donors (Lipinski definition) is 1. The lowest BCUT2D eigenvalue weighted by atomic mass is 10.1. The molecule has 0 saturated carbocycles. The summed E-state index contributed by atoms with van der Waals surface area (Å²) < 4.78 is 5.13. The molecule has 0 aliphatic rings. The molecule has 16 heavy (non-hydrogen) atoms. The summed E-state index contributed by atoms with van der Waals surface area (Å²) in [6.45, 7) is 3.70. The van der Waals surface area contributed by atoms with Gasteiger partial charge in [0.25, 0.3) is 0 Å². The van der Waals surface area contributed by atoms with Gasteiger partial charge in [-0.15, -0.1) is 0 Å². The number of carbonyl (C=O) groups is 1. The van der Waals surface area contributed by atoms with Gasteiger partial charge in [-0.1, -0.05) is 12.6 Å². The van der Waals surface area contributed by atoms with Crippen LogP contribution in [-0.4, -0.2) is 13.0 Å². The van der Waals surface area contributed by atoms with E-state index in [0.29, 0.717) is 17.9 Å². The summed E-state index contributed by atoms with van der Waals surface area (Å²) in [5.74, 6) is 0.342.